The van der Waals surface area contributed by atoms with Gasteiger partial charge in [-0.25, -0.2) is 0 Å². The van der Waals surface area contributed by atoms with Gasteiger partial charge in [-0.05, 0) is 49.1 Å². The number of benzene rings is 1. The van der Waals surface area contributed by atoms with E-state index in [9.17, 15) is 0 Å². The van der Waals surface area contributed by atoms with E-state index in [-0.39, 0.29) is 5.41 Å². The third-order valence-corrected chi connectivity index (χ3v) is 3.57. The average Bonchev–Trinajstić information content (AvgIpc) is 2.28. The maximum Gasteiger partial charge on any atom is 0.122 e. The van der Waals surface area contributed by atoms with E-state index in [2.05, 4.69) is 26.1 Å². The van der Waals surface area contributed by atoms with Crippen LogP contribution in [0.15, 0.2) is 18.2 Å². The number of aryl methyl sites for hydroxylation is 1. The first-order valence-corrected chi connectivity index (χ1v) is 6.76. The summed E-state index contributed by atoms with van der Waals surface area (Å²) < 4.78 is 5.37. The molecule has 0 aliphatic carbocycles. The van der Waals surface area contributed by atoms with Gasteiger partial charge in [0.25, 0.3) is 0 Å². The Morgan fingerprint density at radius 2 is 2.00 bits per heavy atom. The fourth-order valence-corrected chi connectivity index (χ4v) is 2.45. The van der Waals surface area contributed by atoms with Crippen molar-refractivity contribution in [1.82, 2.24) is 5.32 Å². The van der Waals surface area contributed by atoms with Crippen LogP contribution in [0.3, 0.4) is 0 Å². The molecule has 0 heterocycles. The quantitative estimate of drug-likeness (QED) is 0.875. The van der Waals surface area contributed by atoms with Gasteiger partial charge in [-0.3, -0.25) is 0 Å². The van der Waals surface area contributed by atoms with Gasteiger partial charge in [-0.2, -0.15) is 0 Å². The molecule has 0 spiro atoms. The van der Waals surface area contributed by atoms with Gasteiger partial charge < -0.3 is 10.1 Å². The molecule has 0 bridgehead atoms. The van der Waals surface area contributed by atoms with Crippen LogP contribution < -0.4 is 10.1 Å². The van der Waals surface area contributed by atoms with Crippen LogP contribution in [0.2, 0.25) is 5.02 Å². The van der Waals surface area contributed by atoms with Gasteiger partial charge >= 0.3 is 0 Å². The fraction of sp³-hybridized carbons (Fsp3) is 0.600. The normalized spacial score (nSPS) is 13.4. The van der Waals surface area contributed by atoms with Crippen molar-refractivity contribution < 1.29 is 4.74 Å². The Hall–Kier alpha value is -0.730. The summed E-state index contributed by atoms with van der Waals surface area (Å²) in [7, 11) is 3.72. The summed E-state index contributed by atoms with van der Waals surface area (Å²) in [4.78, 5) is 0. The molecule has 0 aliphatic heterocycles. The van der Waals surface area contributed by atoms with Crippen LogP contribution in [0.4, 0.5) is 0 Å². The molecule has 0 aromatic heterocycles. The van der Waals surface area contributed by atoms with Gasteiger partial charge in [-0.1, -0.05) is 32.4 Å². The van der Waals surface area contributed by atoms with Gasteiger partial charge in [0.05, 0.1) is 7.11 Å². The zero-order valence-corrected chi connectivity index (χ0v) is 12.8. The minimum atomic E-state index is 0.251. The summed E-state index contributed by atoms with van der Waals surface area (Å²) in [5.41, 5.74) is 1.43. The van der Waals surface area contributed by atoms with Crippen molar-refractivity contribution in [2.24, 2.45) is 5.41 Å². The second kappa shape index (κ2) is 6.44. The Bertz CT molecular complexity index is 385. The number of halogens is 1. The molecule has 0 fully saturated rings. The lowest BCUT2D eigenvalue weighted by Crippen LogP contribution is -2.38. The Balaban J connectivity index is 2.76. The van der Waals surface area contributed by atoms with Gasteiger partial charge in [0.2, 0.25) is 0 Å². The second-order valence-corrected chi connectivity index (χ2v) is 6.14. The summed E-state index contributed by atoms with van der Waals surface area (Å²) >= 11 is 6.04. The van der Waals surface area contributed by atoms with E-state index in [0.717, 1.165) is 23.6 Å². The highest BCUT2D eigenvalue weighted by Crippen LogP contribution is 2.27. The number of hydrogen-bond donors (Lipinski definition) is 1. The van der Waals surface area contributed by atoms with E-state index in [1.165, 1.54) is 5.56 Å². The maximum absolute atomic E-state index is 6.04. The molecule has 102 valence electrons. The van der Waals surface area contributed by atoms with E-state index in [4.69, 9.17) is 16.3 Å². The summed E-state index contributed by atoms with van der Waals surface area (Å²) in [6.07, 6.45) is 2.03. The van der Waals surface area contributed by atoms with Crippen LogP contribution in [0.25, 0.3) is 0 Å². The molecule has 0 saturated carbocycles. The largest absolute Gasteiger partial charge is 0.496 e. The van der Waals surface area contributed by atoms with E-state index >= 15 is 0 Å². The van der Waals surface area contributed by atoms with E-state index in [1.807, 2.05) is 25.2 Å². The Kier molecular flexibility index (Phi) is 5.48. The molecule has 0 aliphatic rings. The molecule has 1 aromatic rings. The third-order valence-electron chi connectivity index (χ3n) is 3.34. The van der Waals surface area contributed by atoms with E-state index in [0.29, 0.717) is 6.04 Å². The molecule has 0 radical (unpaired) electrons. The number of hydrogen-bond acceptors (Lipinski definition) is 2. The van der Waals surface area contributed by atoms with E-state index < -0.39 is 0 Å². The molecule has 3 heteroatoms. The highest BCUT2D eigenvalue weighted by Gasteiger charge is 2.22. The molecule has 0 saturated heterocycles. The monoisotopic (exact) mass is 269 g/mol. The minimum absolute atomic E-state index is 0.251. The summed E-state index contributed by atoms with van der Waals surface area (Å²) in [5, 5.41) is 4.16. The van der Waals surface area contributed by atoms with Gasteiger partial charge in [0.1, 0.15) is 5.75 Å². The van der Waals surface area contributed by atoms with Crippen molar-refractivity contribution in [2.45, 2.75) is 39.7 Å². The number of ether oxygens (including phenoxy) is 1. The molecule has 1 unspecified atom stereocenters. The topological polar surface area (TPSA) is 21.3 Å². The number of rotatable bonds is 5. The predicted octanol–water partition coefficient (Wildman–Crippen LogP) is 3.92. The summed E-state index contributed by atoms with van der Waals surface area (Å²) in [5.74, 6) is 0.920. The molecule has 1 N–H and O–H groups in total. The smallest absolute Gasteiger partial charge is 0.122 e. The SMILES string of the molecule is CNC(CCc1cc(Cl)ccc1OC)C(C)(C)C. The van der Waals surface area contributed by atoms with Crippen LogP contribution in [0, 0.1) is 5.41 Å². The van der Waals surface area contributed by atoms with Crippen LogP contribution in [-0.4, -0.2) is 20.2 Å². The van der Waals surface area contributed by atoms with Crippen LogP contribution in [0.1, 0.15) is 32.8 Å². The van der Waals surface area contributed by atoms with Gasteiger partial charge in [0, 0.05) is 11.1 Å². The molecule has 1 aromatic carbocycles. The zero-order chi connectivity index (χ0) is 13.8. The lowest BCUT2D eigenvalue weighted by atomic mass is 9.83. The fourth-order valence-electron chi connectivity index (χ4n) is 2.25. The Morgan fingerprint density at radius 3 is 2.50 bits per heavy atom. The first-order valence-electron chi connectivity index (χ1n) is 6.38. The van der Waals surface area contributed by atoms with Crippen LogP contribution in [0.5, 0.6) is 5.75 Å². The van der Waals surface area contributed by atoms with Gasteiger partial charge in [-0.15, -0.1) is 0 Å². The van der Waals surface area contributed by atoms with Crippen molar-refractivity contribution in [3.8, 4) is 5.75 Å². The van der Waals surface area contributed by atoms with Crippen molar-refractivity contribution in [2.75, 3.05) is 14.2 Å². The first-order chi connectivity index (χ1) is 8.38. The molecule has 1 rings (SSSR count). The first kappa shape index (κ1) is 15.3. The maximum atomic E-state index is 6.04. The average molecular weight is 270 g/mol. The van der Waals surface area contributed by atoms with Crippen LogP contribution in [-0.2, 0) is 6.42 Å². The second-order valence-electron chi connectivity index (χ2n) is 5.70. The molecule has 0 amide bonds. The Labute approximate surface area is 116 Å². The number of methoxy groups -OCH3 is 1. The van der Waals surface area contributed by atoms with Crippen molar-refractivity contribution in [3.05, 3.63) is 28.8 Å². The number of nitrogens with one attached hydrogen (secondary N) is 1. The van der Waals surface area contributed by atoms with E-state index in [1.54, 1.807) is 7.11 Å². The van der Waals surface area contributed by atoms with Crippen molar-refractivity contribution >= 4 is 11.6 Å². The molecule has 1 atom stereocenters. The third kappa shape index (κ3) is 4.18. The predicted molar refractivity (Wildman–Crippen MR) is 78.6 cm³/mol. The highest BCUT2D eigenvalue weighted by atomic mass is 35.5. The Morgan fingerprint density at radius 1 is 1.33 bits per heavy atom. The van der Waals surface area contributed by atoms with Gasteiger partial charge in [0.15, 0.2) is 0 Å². The highest BCUT2D eigenvalue weighted by molar-refractivity contribution is 6.30. The zero-order valence-electron chi connectivity index (χ0n) is 12.0. The summed E-state index contributed by atoms with van der Waals surface area (Å²) in [6.45, 7) is 6.76. The lowest BCUT2D eigenvalue weighted by molar-refractivity contribution is 0.267. The standard InChI is InChI=1S/C15H24ClNO/c1-15(2,3)14(17-4)9-6-11-10-12(16)7-8-13(11)18-5/h7-8,10,14,17H,6,9H2,1-5H3. The summed E-state index contributed by atoms with van der Waals surface area (Å²) in [6, 6.07) is 6.27. The van der Waals surface area contributed by atoms with Crippen molar-refractivity contribution in [1.29, 1.82) is 0 Å². The van der Waals surface area contributed by atoms with Crippen LogP contribution >= 0.6 is 11.6 Å². The molecule has 18 heavy (non-hydrogen) atoms. The lowest BCUT2D eigenvalue weighted by Gasteiger charge is -2.30. The molecular formula is C15H24ClNO. The minimum Gasteiger partial charge on any atom is -0.496 e. The molecule has 2 nitrogen and oxygen atoms in total. The van der Waals surface area contributed by atoms with Crippen molar-refractivity contribution in [3.63, 3.8) is 0 Å². The molecular weight excluding hydrogens is 246 g/mol.